The molecule has 1 heterocycles. The van der Waals surface area contributed by atoms with Gasteiger partial charge in [-0.2, -0.15) is 26.3 Å². The van der Waals surface area contributed by atoms with Gasteiger partial charge in [-0.05, 0) is 65.6 Å². The van der Waals surface area contributed by atoms with Crippen LogP contribution in [0.5, 0.6) is 17.2 Å². The molecule has 0 fully saturated rings. The maximum Gasteiger partial charge on any atom is 0.419 e. The molecule has 0 unspecified atom stereocenters. The van der Waals surface area contributed by atoms with Gasteiger partial charge >= 0.3 is 12.4 Å². The minimum absolute atomic E-state index is 0.115. The molecular weight excluding hydrogens is 572 g/mol. The Labute approximate surface area is 244 Å². The van der Waals surface area contributed by atoms with Crippen LogP contribution < -0.4 is 14.8 Å². The van der Waals surface area contributed by atoms with Crippen molar-refractivity contribution in [1.82, 2.24) is 5.32 Å². The minimum atomic E-state index is -4.64. The van der Waals surface area contributed by atoms with Crippen LogP contribution in [0.2, 0.25) is 0 Å². The molecule has 0 amide bonds. The summed E-state index contributed by atoms with van der Waals surface area (Å²) in [5.41, 5.74) is 1.51. The molecule has 0 radical (unpaired) electrons. The second-order valence-electron chi connectivity index (χ2n) is 9.94. The fraction of sp³-hybridized carbons (Fsp3) is 0.212. The van der Waals surface area contributed by atoms with Gasteiger partial charge < -0.3 is 19.9 Å². The van der Waals surface area contributed by atoms with E-state index in [1.54, 1.807) is 36.4 Å². The third-order valence-electron chi connectivity index (χ3n) is 7.08. The Morgan fingerprint density at radius 2 is 1.30 bits per heavy atom. The van der Waals surface area contributed by atoms with Crippen LogP contribution in [0.4, 0.5) is 26.3 Å². The number of ether oxygens (including phenoxy) is 2. The van der Waals surface area contributed by atoms with Crippen molar-refractivity contribution in [2.75, 3.05) is 13.1 Å². The Morgan fingerprint density at radius 3 is 1.91 bits per heavy atom. The molecule has 5 rings (SSSR count). The lowest BCUT2D eigenvalue weighted by Gasteiger charge is -2.21. The van der Waals surface area contributed by atoms with Crippen molar-refractivity contribution in [3.63, 3.8) is 0 Å². The molecule has 0 saturated heterocycles. The first kappa shape index (κ1) is 30.0. The third-order valence-corrected chi connectivity index (χ3v) is 7.08. The summed E-state index contributed by atoms with van der Waals surface area (Å²) < 4.78 is 92.3. The molecule has 4 nitrogen and oxygen atoms in total. The number of phenolic OH excluding ortho intramolecular Hbond substituents is 1. The molecule has 0 bridgehead atoms. The number of phenols is 1. The van der Waals surface area contributed by atoms with E-state index in [0.29, 0.717) is 41.8 Å². The summed E-state index contributed by atoms with van der Waals surface area (Å²) in [4.78, 5) is 0. The highest BCUT2D eigenvalue weighted by molar-refractivity contribution is 5.79. The minimum Gasteiger partial charge on any atom is -0.507 e. The van der Waals surface area contributed by atoms with Crippen LogP contribution in [-0.2, 0) is 25.6 Å². The summed E-state index contributed by atoms with van der Waals surface area (Å²) in [6, 6.07) is 20.1. The molecule has 0 aliphatic carbocycles. The van der Waals surface area contributed by atoms with Crippen molar-refractivity contribution < 1.29 is 40.9 Å². The molecule has 1 aliphatic rings. The standard InChI is InChI=1S/C33H27F6NO3/c34-32(35,36)27-8-1-3-10-29(27)42-19-21-6-5-7-23(18-21)24-12-13-25(22-14-16-40-17-15-22)31(41)26(24)20-43-30-11-4-2-9-28(30)33(37,38)39/h1-14,18,40-41H,15-17,19-20H2. The zero-order chi connectivity index (χ0) is 30.6. The van der Waals surface area contributed by atoms with E-state index >= 15 is 0 Å². The molecule has 0 aromatic heterocycles. The van der Waals surface area contributed by atoms with E-state index < -0.39 is 23.5 Å². The van der Waals surface area contributed by atoms with Crippen LogP contribution in [0.15, 0.2) is 91.0 Å². The smallest absolute Gasteiger partial charge is 0.419 e. The first-order chi connectivity index (χ1) is 20.5. The van der Waals surface area contributed by atoms with E-state index in [1.807, 2.05) is 6.08 Å². The molecule has 43 heavy (non-hydrogen) atoms. The van der Waals surface area contributed by atoms with Gasteiger partial charge in [-0.25, -0.2) is 0 Å². The van der Waals surface area contributed by atoms with Crippen LogP contribution >= 0.6 is 0 Å². The first-order valence-corrected chi connectivity index (χ1v) is 13.4. The maximum atomic E-state index is 13.6. The van der Waals surface area contributed by atoms with Gasteiger partial charge in [0.2, 0.25) is 0 Å². The van der Waals surface area contributed by atoms with Crippen molar-refractivity contribution >= 4 is 5.57 Å². The number of halogens is 6. The number of hydrogen-bond donors (Lipinski definition) is 2. The molecule has 4 aromatic rings. The number of alkyl halides is 6. The molecule has 224 valence electrons. The van der Waals surface area contributed by atoms with E-state index in [9.17, 15) is 31.4 Å². The number of rotatable bonds is 8. The summed E-state index contributed by atoms with van der Waals surface area (Å²) in [6.07, 6.45) is -6.63. The number of benzene rings is 4. The number of nitrogens with one attached hydrogen (secondary N) is 1. The molecular formula is C33H27F6NO3. The van der Waals surface area contributed by atoms with E-state index in [2.05, 4.69) is 5.32 Å². The SMILES string of the molecule is Oc1c(C2=CCNCC2)ccc(-c2cccc(COc3ccccc3C(F)(F)F)c2)c1COc1ccccc1C(F)(F)F. The lowest BCUT2D eigenvalue weighted by molar-refractivity contribution is -0.139. The first-order valence-electron chi connectivity index (χ1n) is 13.4. The monoisotopic (exact) mass is 599 g/mol. The number of aromatic hydroxyl groups is 1. The number of para-hydroxylation sites is 2. The topological polar surface area (TPSA) is 50.7 Å². The van der Waals surface area contributed by atoms with E-state index in [1.165, 1.54) is 36.4 Å². The predicted molar refractivity (Wildman–Crippen MR) is 151 cm³/mol. The Morgan fingerprint density at radius 1 is 0.698 bits per heavy atom. The summed E-state index contributed by atoms with van der Waals surface area (Å²) >= 11 is 0. The number of hydrogen-bond acceptors (Lipinski definition) is 4. The van der Waals surface area contributed by atoms with Gasteiger partial charge in [0.15, 0.2) is 0 Å². The molecule has 1 aliphatic heterocycles. The van der Waals surface area contributed by atoms with Gasteiger partial charge in [-0.1, -0.05) is 60.7 Å². The van der Waals surface area contributed by atoms with Gasteiger partial charge in [0.1, 0.15) is 30.5 Å². The highest BCUT2D eigenvalue weighted by atomic mass is 19.4. The zero-order valence-corrected chi connectivity index (χ0v) is 22.7. The lowest BCUT2D eigenvalue weighted by Crippen LogP contribution is -2.20. The zero-order valence-electron chi connectivity index (χ0n) is 22.7. The fourth-order valence-corrected chi connectivity index (χ4v) is 4.97. The molecule has 0 saturated carbocycles. The van der Waals surface area contributed by atoms with E-state index in [4.69, 9.17) is 9.47 Å². The van der Waals surface area contributed by atoms with Crippen LogP contribution in [-0.4, -0.2) is 18.2 Å². The highest BCUT2D eigenvalue weighted by Gasteiger charge is 2.35. The normalized spacial score (nSPS) is 13.9. The average molecular weight is 600 g/mol. The van der Waals surface area contributed by atoms with Gasteiger partial charge in [-0.3, -0.25) is 0 Å². The summed E-state index contributed by atoms with van der Waals surface area (Å²) in [7, 11) is 0. The van der Waals surface area contributed by atoms with Crippen LogP contribution in [0.3, 0.4) is 0 Å². The Kier molecular flexibility index (Phi) is 8.68. The average Bonchev–Trinajstić information content (AvgIpc) is 2.99. The van der Waals surface area contributed by atoms with Crippen molar-refractivity contribution in [3.05, 3.63) is 119 Å². The third kappa shape index (κ3) is 6.97. The van der Waals surface area contributed by atoms with Crippen LogP contribution in [0.25, 0.3) is 16.7 Å². The maximum absolute atomic E-state index is 13.6. The molecule has 2 N–H and O–H groups in total. The van der Waals surface area contributed by atoms with Crippen LogP contribution in [0.1, 0.15) is 34.2 Å². The van der Waals surface area contributed by atoms with Gasteiger partial charge in [0.25, 0.3) is 0 Å². The molecule has 0 atom stereocenters. The van der Waals surface area contributed by atoms with Crippen molar-refractivity contribution in [3.8, 4) is 28.4 Å². The summed E-state index contributed by atoms with van der Waals surface area (Å²) in [5, 5.41) is 14.6. The van der Waals surface area contributed by atoms with Gasteiger partial charge in [0.05, 0.1) is 11.1 Å². The quantitative estimate of drug-likeness (QED) is 0.199. The van der Waals surface area contributed by atoms with E-state index in [0.717, 1.165) is 17.7 Å². The Hall–Kier alpha value is -4.44. The fourth-order valence-electron chi connectivity index (χ4n) is 4.97. The summed E-state index contributed by atoms with van der Waals surface area (Å²) in [5.74, 6) is -0.803. The van der Waals surface area contributed by atoms with Gasteiger partial charge in [-0.15, -0.1) is 0 Å². The van der Waals surface area contributed by atoms with Crippen molar-refractivity contribution in [2.45, 2.75) is 32.0 Å². The summed E-state index contributed by atoms with van der Waals surface area (Å²) in [6.45, 7) is 0.779. The van der Waals surface area contributed by atoms with Crippen LogP contribution in [0, 0.1) is 0 Å². The Balaban J connectivity index is 1.49. The Bertz CT molecular complexity index is 1630. The van der Waals surface area contributed by atoms with Gasteiger partial charge in [0, 0.05) is 17.7 Å². The largest absolute Gasteiger partial charge is 0.507 e. The highest BCUT2D eigenvalue weighted by Crippen LogP contribution is 2.41. The van der Waals surface area contributed by atoms with E-state index in [-0.39, 0.29) is 36.0 Å². The predicted octanol–water partition coefficient (Wildman–Crippen LogP) is 8.63. The molecule has 0 spiro atoms. The second-order valence-corrected chi connectivity index (χ2v) is 9.94. The van der Waals surface area contributed by atoms with Crippen molar-refractivity contribution in [2.24, 2.45) is 0 Å². The molecule has 4 aromatic carbocycles. The molecule has 10 heteroatoms. The second kappa shape index (κ2) is 12.4. The van der Waals surface area contributed by atoms with Crippen molar-refractivity contribution in [1.29, 1.82) is 0 Å². The lowest BCUT2D eigenvalue weighted by atomic mass is 9.91.